The minimum absolute atomic E-state index is 0.145. The maximum atomic E-state index is 13.2. The van der Waals surface area contributed by atoms with Crippen LogP contribution in [0.4, 0.5) is 0 Å². The highest BCUT2D eigenvalue weighted by Gasteiger charge is 2.24. The number of carbonyl (C=O) groups is 2. The fraction of sp³-hybridized carbons (Fsp3) is 0.238. The average Bonchev–Trinajstić information content (AvgIpc) is 3.39. The Morgan fingerprint density at radius 3 is 2.59 bits per heavy atom. The molecular formula is C21H21BrN2O3S2. The summed E-state index contributed by atoms with van der Waals surface area (Å²) < 4.78 is 6.31. The summed E-state index contributed by atoms with van der Waals surface area (Å²) >= 11 is 6.29. The number of carbonyl (C=O) groups excluding carboxylic acids is 2. The molecule has 0 radical (unpaired) electrons. The molecule has 3 aromatic rings. The Kier molecular flexibility index (Phi) is 7.46. The first-order valence-corrected chi connectivity index (χ1v) is 11.5. The Morgan fingerprint density at radius 2 is 1.93 bits per heavy atom. The van der Waals surface area contributed by atoms with Crippen molar-refractivity contribution in [3.05, 3.63) is 73.0 Å². The van der Waals surface area contributed by atoms with Gasteiger partial charge in [-0.25, -0.2) is 0 Å². The Hall–Kier alpha value is -2.16. The Morgan fingerprint density at radius 1 is 1.14 bits per heavy atom. The fourth-order valence-corrected chi connectivity index (χ4v) is 4.89. The van der Waals surface area contributed by atoms with Crippen molar-refractivity contribution in [2.24, 2.45) is 0 Å². The van der Waals surface area contributed by atoms with Gasteiger partial charge in [0.1, 0.15) is 11.8 Å². The topological polar surface area (TPSA) is 58.6 Å². The summed E-state index contributed by atoms with van der Waals surface area (Å²) in [7, 11) is 1.62. The Balaban J connectivity index is 1.76. The lowest BCUT2D eigenvalue weighted by molar-refractivity contribution is -0.134. The Bertz CT molecular complexity index is 972. The molecule has 1 aromatic carbocycles. The van der Waals surface area contributed by atoms with Gasteiger partial charge < -0.3 is 15.0 Å². The smallest absolute Gasteiger partial charge is 0.262 e. The molecule has 0 aliphatic carbocycles. The summed E-state index contributed by atoms with van der Waals surface area (Å²) in [6, 6.07) is 14.5. The molecule has 0 spiro atoms. The van der Waals surface area contributed by atoms with Crippen molar-refractivity contribution in [2.75, 3.05) is 7.11 Å². The Labute approximate surface area is 186 Å². The van der Waals surface area contributed by atoms with Crippen LogP contribution in [0, 0.1) is 0 Å². The van der Waals surface area contributed by atoms with Crippen LogP contribution in [0.15, 0.2) is 57.7 Å². The highest BCUT2D eigenvalue weighted by molar-refractivity contribution is 9.11. The van der Waals surface area contributed by atoms with Crippen LogP contribution in [0.1, 0.15) is 27.0 Å². The average molecular weight is 493 g/mol. The second kappa shape index (κ2) is 10.0. The monoisotopic (exact) mass is 492 g/mol. The van der Waals surface area contributed by atoms with Crippen LogP contribution < -0.4 is 10.1 Å². The van der Waals surface area contributed by atoms with Crippen LogP contribution in [0.2, 0.25) is 0 Å². The van der Waals surface area contributed by atoms with Gasteiger partial charge in [0.05, 0.1) is 22.3 Å². The molecule has 0 aliphatic heterocycles. The van der Waals surface area contributed by atoms with E-state index in [4.69, 9.17) is 4.74 Å². The van der Waals surface area contributed by atoms with E-state index in [1.165, 1.54) is 11.3 Å². The second-order valence-electron chi connectivity index (χ2n) is 6.38. The van der Waals surface area contributed by atoms with Crippen LogP contribution in [0.3, 0.4) is 0 Å². The first-order chi connectivity index (χ1) is 14.0. The van der Waals surface area contributed by atoms with Crippen LogP contribution in [-0.2, 0) is 17.9 Å². The van der Waals surface area contributed by atoms with Gasteiger partial charge in [0, 0.05) is 17.0 Å². The molecule has 152 valence electrons. The summed E-state index contributed by atoms with van der Waals surface area (Å²) in [6.07, 6.45) is 0. The highest BCUT2D eigenvalue weighted by atomic mass is 79.9. The van der Waals surface area contributed by atoms with E-state index in [9.17, 15) is 9.59 Å². The third kappa shape index (κ3) is 5.68. The summed E-state index contributed by atoms with van der Waals surface area (Å²) in [4.78, 5) is 29.1. The maximum Gasteiger partial charge on any atom is 0.262 e. The van der Waals surface area contributed by atoms with Gasteiger partial charge >= 0.3 is 0 Å². The standard InChI is InChI=1S/C21H21BrN2O3S2/c1-14(23-20(25)18-9-10-19(22)29-18)21(26)24(13-16-7-5-11-28-16)12-15-6-3-4-8-17(15)27-2/h3-11,14H,12-13H2,1-2H3,(H,23,25). The van der Waals surface area contributed by atoms with Gasteiger partial charge in [-0.1, -0.05) is 24.3 Å². The number of ether oxygens (including phenoxy) is 1. The molecule has 0 saturated carbocycles. The van der Waals surface area contributed by atoms with Crippen LogP contribution >= 0.6 is 38.6 Å². The fourth-order valence-electron chi connectivity index (χ4n) is 2.88. The van der Waals surface area contributed by atoms with Gasteiger partial charge in [0.2, 0.25) is 5.91 Å². The van der Waals surface area contributed by atoms with Crippen molar-refractivity contribution in [1.29, 1.82) is 0 Å². The molecule has 5 nitrogen and oxygen atoms in total. The quantitative estimate of drug-likeness (QED) is 0.484. The van der Waals surface area contributed by atoms with Crippen molar-refractivity contribution in [1.82, 2.24) is 10.2 Å². The highest BCUT2D eigenvalue weighted by Crippen LogP contribution is 2.23. The van der Waals surface area contributed by atoms with Crippen molar-refractivity contribution in [2.45, 2.75) is 26.1 Å². The number of halogens is 1. The minimum atomic E-state index is -0.655. The zero-order valence-corrected chi connectivity index (χ0v) is 19.3. The number of hydrogen-bond acceptors (Lipinski definition) is 5. The van der Waals surface area contributed by atoms with Crippen LogP contribution in [0.5, 0.6) is 5.75 Å². The number of benzene rings is 1. The largest absolute Gasteiger partial charge is 0.496 e. The van der Waals surface area contributed by atoms with E-state index in [0.29, 0.717) is 18.0 Å². The number of methoxy groups -OCH3 is 1. The van der Waals surface area contributed by atoms with Crippen LogP contribution in [-0.4, -0.2) is 29.9 Å². The van der Waals surface area contributed by atoms with E-state index in [1.54, 1.807) is 36.3 Å². The molecule has 3 rings (SSSR count). The van der Waals surface area contributed by atoms with Gasteiger partial charge in [0.15, 0.2) is 0 Å². The lowest BCUT2D eigenvalue weighted by atomic mass is 10.1. The van der Waals surface area contributed by atoms with E-state index in [2.05, 4.69) is 21.2 Å². The predicted molar refractivity (Wildman–Crippen MR) is 121 cm³/mol. The molecule has 29 heavy (non-hydrogen) atoms. The van der Waals surface area contributed by atoms with Gasteiger partial charge in [-0.2, -0.15) is 0 Å². The molecule has 1 N–H and O–H groups in total. The molecular weight excluding hydrogens is 472 g/mol. The molecule has 8 heteroatoms. The van der Waals surface area contributed by atoms with E-state index in [1.807, 2.05) is 47.8 Å². The summed E-state index contributed by atoms with van der Waals surface area (Å²) in [5, 5.41) is 4.80. The summed E-state index contributed by atoms with van der Waals surface area (Å²) in [6.45, 7) is 2.58. The maximum absolute atomic E-state index is 13.2. The number of para-hydroxylation sites is 1. The number of nitrogens with one attached hydrogen (secondary N) is 1. The summed E-state index contributed by atoms with van der Waals surface area (Å²) in [5.41, 5.74) is 0.917. The van der Waals surface area contributed by atoms with E-state index in [-0.39, 0.29) is 11.8 Å². The number of hydrogen-bond donors (Lipinski definition) is 1. The molecule has 1 unspecified atom stereocenters. The first-order valence-electron chi connectivity index (χ1n) is 8.97. The lowest BCUT2D eigenvalue weighted by Gasteiger charge is -2.26. The van der Waals surface area contributed by atoms with Crippen molar-refractivity contribution < 1.29 is 14.3 Å². The number of nitrogens with zero attached hydrogens (tertiary/aromatic N) is 1. The molecule has 2 heterocycles. The zero-order valence-electron chi connectivity index (χ0n) is 16.1. The third-order valence-corrected chi connectivity index (χ3v) is 6.79. The summed E-state index contributed by atoms with van der Waals surface area (Å²) in [5.74, 6) is 0.333. The third-order valence-electron chi connectivity index (χ3n) is 4.31. The van der Waals surface area contributed by atoms with Crippen molar-refractivity contribution >= 4 is 50.4 Å². The van der Waals surface area contributed by atoms with E-state index >= 15 is 0 Å². The molecule has 2 aromatic heterocycles. The lowest BCUT2D eigenvalue weighted by Crippen LogP contribution is -2.46. The van der Waals surface area contributed by atoms with E-state index < -0.39 is 6.04 Å². The minimum Gasteiger partial charge on any atom is -0.496 e. The molecule has 0 fully saturated rings. The van der Waals surface area contributed by atoms with Gasteiger partial charge in [0.25, 0.3) is 5.91 Å². The zero-order chi connectivity index (χ0) is 20.8. The molecule has 1 atom stereocenters. The SMILES string of the molecule is COc1ccccc1CN(Cc1cccs1)C(=O)C(C)NC(=O)c1ccc(Br)s1. The number of rotatable bonds is 8. The van der Waals surface area contributed by atoms with Gasteiger partial charge in [-0.15, -0.1) is 22.7 Å². The second-order valence-corrected chi connectivity index (χ2v) is 9.88. The van der Waals surface area contributed by atoms with Crippen LogP contribution in [0.25, 0.3) is 0 Å². The normalized spacial score (nSPS) is 11.7. The van der Waals surface area contributed by atoms with Gasteiger partial charge in [-0.05, 0) is 52.5 Å². The van der Waals surface area contributed by atoms with Crippen molar-refractivity contribution in [3.63, 3.8) is 0 Å². The first kappa shape index (κ1) is 21.5. The molecule has 0 saturated heterocycles. The number of thiophene rings is 2. The molecule has 0 aliphatic rings. The number of amides is 2. The van der Waals surface area contributed by atoms with E-state index in [0.717, 1.165) is 20.0 Å². The van der Waals surface area contributed by atoms with Crippen molar-refractivity contribution in [3.8, 4) is 5.75 Å². The van der Waals surface area contributed by atoms with Gasteiger partial charge in [-0.3, -0.25) is 9.59 Å². The predicted octanol–water partition coefficient (Wildman–Crippen LogP) is 4.93. The molecule has 0 bridgehead atoms. The molecule has 2 amide bonds.